The highest BCUT2D eigenvalue weighted by molar-refractivity contribution is 5.75. The molecule has 0 unspecified atom stereocenters. The van der Waals surface area contributed by atoms with Crippen molar-refractivity contribution in [2.75, 3.05) is 12.3 Å². The minimum Gasteiger partial charge on any atom is -0.396 e. The third kappa shape index (κ3) is 2.99. The number of carbonyl (C=O) groups is 1. The first-order valence-electron chi connectivity index (χ1n) is 6.14. The number of rotatable bonds is 5. The maximum absolute atomic E-state index is 11.7. The summed E-state index contributed by atoms with van der Waals surface area (Å²) in [5.74, 6) is 0.857. The average Bonchev–Trinajstić information content (AvgIpc) is 3.06. The zero-order valence-corrected chi connectivity index (χ0v) is 10.5. The fourth-order valence-corrected chi connectivity index (χ4v) is 1.88. The molecule has 5 heteroatoms. The quantitative estimate of drug-likeness (QED) is 0.801. The van der Waals surface area contributed by atoms with Gasteiger partial charge in [0, 0.05) is 6.54 Å². The van der Waals surface area contributed by atoms with Gasteiger partial charge in [-0.15, -0.1) is 0 Å². The molecule has 17 heavy (non-hydrogen) atoms. The zero-order valence-electron chi connectivity index (χ0n) is 10.5. The maximum Gasteiger partial charge on any atom is 0.241 e. The minimum absolute atomic E-state index is 0.0104. The van der Waals surface area contributed by atoms with Crippen molar-refractivity contribution < 1.29 is 4.79 Å². The van der Waals surface area contributed by atoms with Gasteiger partial charge in [-0.2, -0.15) is 5.10 Å². The fourth-order valence-electron chi connectivity index (χ4n) is 1.88. The molecule has 0 radical (unpaired) electrons. The highest BCUT2D eigenvalue weighted by atomic mass is 16.2. The monoisotopic (exact) mass is 236 g/mol. The van der Waals surface area contributed by atoms with Crippen molar-refractivity contribution in [3.63, 3.8) is 0 Å². The molecule has 1 fully saturated rings. The Morgan fingerprint density at radius 2 is 2.24 bits per heavy atom. The van der Waals surface area contributed by atoms with Gasteiger partial charge in [0.25, 0.3) is 0 Å². The molecular weight excluding hydrogens is 216 g/mol. The van der Waals surface area contributed by atoms with E-state index in [0.717, 1.165) is 30.3 Å². The first-order valence-corrected chi connectivity index (χ1v) is 6.14. The lowest BCUT2D eigenvalue weighted by molar-refractivity contribution is -0.121. The zero-order chi connectivity index (χ0) is 12.4. The Kier molecular flexibility index (Phi) is 3.36. The van der Waals surface area contributed by atoms with E-state index >= 15 is 0 Å². The molecule has 1 saturated carbocycles. The molecule has 5 nitrogen and oxygen atoms in total. The van der Waals surface area contributed by atoms with E-state index in [-0.39, 0.29) is 12.5 Å². The Labute approximate surface area is 101 Å². The molecule has 0 atom stereocenters. The van der Waals surface area contributed by atoms with E-state index in [1.807, 2.05) is 13.8 Å². The van der Waals surface area contributed by atoms with Gasteiger partial charge in [0.2, 0.25) is 5.91 Å². The summed E-state index contributed by atoms with van der Waals surface area (Å²) in [6.07, 6.45) is 3.75. The molecule has 2 rings (SSSR count). The molecule has 0 aliphatic heterocycles. The summed E-state index contributed by atoms with van der Waals surface area (Å²) in [5.41, 5.74) is 8.13. The van der Waals surface area contributed by atoms with Crippen LogP contribution in [0, 0.1) is 19.8 Å². The van der Waals surface area contributed by atoms with Crippen molar-refractivity contribution >= 4 is 11.6 Å². The number of nitrogen functional groups attached to an aromatic ring is 1. The smallest absolute Gasteiger partial charge is 0.241 e. The predicted octanol–water partition coefficient (Wildman–Crippen LogP) is 0.998. The number of anilines is 1. The molecule has 1 aromatic heterocycles. The van der Waals surface area contributed by atoms with Gasteiger partial charge in [0.1, 0.15) is 6.54 Å². The first kappa shape index (κ1) is 12.0. The number of amides is 1. The third-order valence-corrected chi connectivity index (χ3v) is 3.30. The SMILES string of the molecule is Cc1nn(CC(=O)NCCC2CC2)c(C)c1N. The van der Waals surface area contributed by atoms with Gasteiger partial charge in [-0.05, 0) is 26.2 Å². The minimum atomic E-state index is 0.0104. The van der Waals surface area contributed by atoms with Crippen LogP contribution >= 0.6 is 0 Å². The lowest BCUT2D eigenvalue weighted by atomic mass is 10.3. The summed E-state index contributed by atoms with van der Waals surface area (Å²) >= 11 is 0. The van der Waals surface area contributed by atoms with Crippen molar-refractivity contribution in [2.24, 2.45) is 5.92 Å². The number of nitrogens with two attached hydrogens (primary N) is 1. The number of hydrogen-bond acceptors (Lipinski definition) is 3. The normalized spacial score (nSPS) is 14.9. The molecule has 1 heterocycles. The molecular formula is C12H20N4O. The molecule has 0 saturated heterocycles. The predicted molar refractivity (Wildman–Crippen MR) is 66.5 cm³/mol. The second kappa shape index (κ2) is 4.77. The van der Waals surface area contributed by atoms with E-state index < -0.39 is 0 Å². The molecule has 1 aliphatic rings. The van der Waals surface area contributed by atoms with Gasteiger partial charge in [-0.25, -0.2) is 0 Å². The second-order valence-electron chi connectivity index (χ2n) is 4.82. The molecule has 0 aromatic carbocycles. The number of nitrogens with one attached hydrogen (secondary N) is 1. The number of aromatic nitrogens is 2. The third-order valence-electron chi connectivity index (χ3n) is 3.30. The van der Waals surface area contributed by atoms with E-state index in [4.69, 9.17) is 5.73 Å². The van der Waals surface area contributed by atoms with E-state index in [1.54, 1.807) is 4.68 Å². The van der Waals surface area contributed by atoms with Crippen LogP contribution in [0.4, 0.5) is 5.69 Å². The van der Waals surface area contributed by atoms with Crippen LogP contribution in [0.5, 0.6) is 0 Å². The number of nitrogens with zero attached hydrogens (tertiary/aromatic N) is 2. The van der Waals surface area contributed by atoms with Gasteiger partial charge in [-0.1, -0.05) is 12.8 Å². The Hall–Kier alpha value is -1.52. The highest BCUT2D eigenvalue weighted by Crippen LogP contribution is 2.31. The van der Waals surface area contributed by atoms with Gasteiger partial charge < -0.3 is 11.1 Å². The maximum atomic E-state index is 11.7. The molecule has 94 valence electrons. The molecule has 0 bridgehead atoms. The second-order valence-corrected chi connectivity index (χ2v) is 4.82. The Morgan fingerprint density at radius 1 is 1.53 bits per heavy atom. The van der Waals surface area contributed by atoms with Gasteiger partial charge in [0.15, 0.2) is 0 Å². The fraction of sp³-hybridized carbons (Fsp3) is 0.667. The first-order chi connectivity index (χ1) is 8.08. The van der Waals surface area contributed by atoms with Gasteiger partial charge in [-0.3, -0.25) is 9.48 Å². The van der Waals surface area contributed by atoms with Gasteiger partial charge in [0.05, 0.1) is 17.1 Å². The lowest BCUT2D eigenvalue weighted by Crippen LogP contribution is -2.29. The summed E-state index contributed by atoms with van der Waals surface area (Å²) in [6, 6.07) is 0. The summed E-state index contributed by atoms with van der Waals surface area (Å²) in [6.45, 7) is 4.77. The number of aryl methyl sites for hydroxylation is 1. The standard InChI is InChI=1S/C12H20N4O/c1-8-12(13)9(2)16(15-8)7-11(17)14-6-5-10-3-4-10/h10H,3-7,13H2,1-2H3,(H,14,17). The van der Waals surface area contributed by atoms with Crippen LogP contribution in [0.3, 0.4) is 0 Å². The lowest BCUT2D eigenvalue weighted by Gasteiger charge is -2.06. The Balaban J connectivity index is 1.81. The van der Waals surface area contributed by atoms with E-state index in [1.165, 1.54) is 12.8 Å². The van der Waals surface area contributed by atoms with Crippen LogP contribution in [0.25, 0.3) is 0 Å². The molecule has 1 aromatic rings. The largest absolute Gasteiger partial charge is 0.396 e. The van der Waals surface area contributed by atoms with Crippen LogP contribution in [0.1, 0.15) is 30.7 Å². The summed E-state index contributed by atoms with van der Waals surface area (Å²) in [4.78, 5) is 11.7. The van der Waals surface area contributed by atoms with Crippen LogP contribution < -0.4 is 11.1 Å². The molecule has 0 spiro atoms. The van der Waals surface area contributed by atoms with Crippen molar-refractivity contribution in [1.29, 1.82) is 0 Å². The van der Waals surface area contributed by atoms with E-state index in [0.29, 0.717) is 5.69 Å². The van der Waals surface area contributed by atoms with Gasteiger partial charge >= 0.3 is 0 Å². The van der Waals surface area contributed by atoms with E-state index in [9.17, 15) is 4.79 Å². The van der Waals surface area contributed by atoms with Crippen LogP contribution in [-0.2, 0) is 11.3 Å². The molecule has 1 amide bonds. The van der Waals surface area contributed by atoms with Crippen LogP contribution in [0.15, 0.2) is 0 Å². The number of carbonyl (C=O) groups excluding carboxylic acids is 1. The van der Waals surface area contributed by atoms with Crippen molar-refractivity contribution in [3.05, 3.63) is 11.4 Å². The van der Waals surface area contributed by atoms with Crippen molar-refractivity contribution in [3.8, 4) is 0 Å². The van der Waals surface area contributed by atoms with Crippen LogP contribution in [-0.4, -0.2) is 22.2 Å². The molecule has 3 N–H and O–H groups in total. The topological polar surface area (TPSA) is 72.9 Å². The highest BCUT2D eigenvalue weighted by Gasteiger charge is 2.20. The summed E-state index contributed by atoms with van der Waals surface area (Å²) in [7, 11) is 0. The Bertz CT molecular complexity index is 420. The summed E-state index contributed by atoms with van der Waals surface area (Å²) in [5, 5.41) is 7.15. The van der Waals surface area contributed by atoms with E-state index in [2.05, 4.69) is 10.4 Å². The molecule has 1 aliphatic carbocycles. The van der Waals surface area contributed by atoms with Crippen molar-refractivity contribution in [2.45, 2.75) is 39.7 Å². The Morgan fingerprint density at radius 3 is 2.76 bits per heavy atom. The van der Waals surface area contributed by atoms with Crippen molar-refractivity contribution in [1.82, 2.24) is 15.1 Å². The number of hydrogen-bond donors (Lipinski definition) is 2. The van der Waals surface area contributed by atoms with Crippen LogP contribution in [0.2, 0.25) is 0 Å². The summed E-state index contributed by atoms with van der Waals surface area (Å²) < 4.78 is 1.66. The average molecular weight is 236 g/mol.